The van der Waals surface area contributed by atoms with Gasteiger partial charge in [0.05, 0.1) is 30.9 Å². The lowest BCUT2D eigenvalue weighted by molar-refractivity contribution is -0.123. The van der Waals surface area contributed by atoms with Gasteiger partial charge in [-0.15, -0.1) is 0 Å². The van der Waals surface area contributed by atoms with E-state index >= 15 is 0 Å². The predicted octanol–water partition coefficient (Wildman–Crippen LogP) is 2.72. The summed E-state index contributed by atoms with van der Waals surface area (Å²) in [6.45, 7) is -2.77. The molecule has 146 valence electrons. The minimum absolute atomic E-state index is 0.00997. The number of nitrogens with one attached hydrogen (secondary N) is 2. The van der Waals surface area contributed by atoms with Crippen LogP contribution in [0.2, 0.25) is 5.02 Å². The summed E-state index contributed by atoms with van der Waals surface area (Å²) in [5, 5.41) is 5.18. The van der Waals surface area contributed by atoms with Gasteiger partial charge in [0.25, 0.3) is 0 Å². The Balaban J connectivity index is 1.77. The Morgan fingerprint density at radius 3 is 2.63 bits per heavy atom. The van der Waals surface area contributed by atoms with E-state index in [1.165, 1.54) is 29.4 Å². The molecule has 1 aromatic heterocycles. The summed E-state index contributed by atoms with van der Waals surface area (Å²) in [6, 6.07) is 7.37. The lowest BCUT2D eigenvalue weighted by Gasteiger charge is -2.16. The van der Waals surface area contributed by atoms with Gasteiger partial charge < -0.3 is 19.8 Å². The number of carbonyl (C=O) groups is 2. The molecule has 0 unspecified atom stereocenters. The average Bonchev–Trinajstić information content (AvgIpc) is 3.08. The zero-order valence-corrected chi connectivity index (χ0v) is 15.1. The Morgan fingerprint density at radius 2 is 2.00 bits per heavy atom. The van der Waals surface area contributed by atoms with Gasteiger partial charge in [-0.2, -0.15) is 8.78 Å². The zero-order chi connectivity index (χ0) is 19.8. The van der Waals surface area contributed by atoms with E-state index in [1.807, 2.05) is 0 Å². The van der Waals surface area contributed by atoms with Crippen LogP contribution in [0.5, 0.6) is 5.75 Å². The molecule has 0 atom stereocenters. The van der Waals surface area contributed by atoms with Gasteiger partial charge in [-0.05, 0) is 37.4 Å². The van der Waals surface area contributed by atoms with Gasteiger partial charge in [-0.25, -0.2) is 0 Å². The van der Waals surface area contributed by atoms with Crippen molar-refractivity contribution in [3.63, 3.8) is 0 Å². The number of likely N-dealkylation sites (N-methyl/N-ethyl adjacent to an activating group) is 1. The van der Waals surface area contributed by atoms with Crippen molar-refractivity contribution < 1.29 is 27.5 Å². The molecular formula is C17H18ClF2N3O4. The minimum atomic E-state index is -2.99. The molecule has 0 aliphatic heterocycles. The molecule has 2 amide bonds. The number of rotatable bonds is 9. The van der Waals surface area contributed by atoms with Crippen molar-refractivity contribution in [3.8, 4) is 5.75 Å². The molecule has 0 bridgehead atoms. The van der Waals surface area contributed by atoms with Crippen molar-refractivity contribution in [1.82, 2.24) is 10.2 Å². The maximum absolute atomic E-state index is 12.2. The molecule has 7 nitrogen and oxygen atoms in total. The third-order valence-electron chi connectivity index (χ3n) is 3.30. The third-order valence-corrected chi connectivity index (χ3v) is 3.59. The number of nitrogens with zero attached hydrogens (tertiary/aromatic N) is 1. The molecule has 0 aliphatic carbocycles. The number of ether oxygens (including phenoxy) is 1. The van der Waals surface area contributed by atoms with Crippen molar-refractivity contribution in [2.75, 3.05) is 25.5 Å². The highest BCUT2D eigenvalue weighted by Crippen LogP contribution is 2.28. The van der Waals surface area contributed by atoms with Crippen molar-refractivity contribution in [1.29, 1.82) is 0 Å². The summed E-state index contributed by atoms with van der Waals surface area (Å²) in [5.41, 5.74) is 0.322. The second-order valence-electron chi connectivity index (χ2n) is 5.60. The number of carbonyl (C=O) groups excluding carboxylic acids is 2. The molecule has 0 fully saturated rings. The van der Waals surface area contributed by atoms with E-state index < -0.39 is 12.5 Å². The molecule has 0 saturated carbocycles. The van der Waals surface area contributed by atoms with E-state index in [0.717, 1.165) is 0 Å². The molecule has 1 aromatic carbocycles. The van der Waals surface area contributed by atoms with E-state index in [2.05, 4.69) is 15.4 Å². The first-order chi connectivity index (χ1) is 12.8. The second-order valence-corrected chi connectivity index (χ2v) is 6.01. The number of benzene rings is 1. The molecule has 2 N–H and O–H groups in total. The number of anilines is 1. The molecule has 1 heterocycles. The number of halogens is 3. The van der Waals surface area contributed by atoms with E-state index in [0.29, 0.717) is 11.4 Å². The van der Waals surface area contributed by atoms with Crippen LogP contribution in [0.1, 0.15) is 5.76 Å². The molecule has 10 heteroatoms. The largest absolute Gasteiger partial charge is 0.467 e. The first-order valence-corrected chi connectivity index (χ1v) is 8.23. The van der Waals surface area contributed by atoms with E-state index in [-0.39, 0.29) is 36.3 Å². The molecule has 0 saturated heterocycles. The van der Waals surface area contributed by atoms with Gasteiger partial charge in [-0.1, -0.05) is 11.6 Å². The summed E-state index contributed by atoms with van der Waals surface area (Å²) in [5.74, 6) is -0.219. The first-order valence-electron chi connectivity index (χ1n) is 7.85. The average molecular weight is 402 g/mol. The monoisotopic (exact) mass is 401 g/mol. The standard InChI is InChI=1S/C17H18ClF2N3O4/c1-23(9-15(24)21-8-12-3-2-6-26-12)10-16(25)22-11-4-5-14(13(18)7-11)27-17(19)20/h2-7,17H,8-10H2,1H3,(H,21,24)(H,22,25). The fraction of sp³-hybridized carbons (Fsp3) is 0.294. The van der Waals surface area contributed by atoms with Gasteiger partial charge in [0.1, 0.15) is 11.5 Å². The highest BCUT2D eigenvalue weighted by atomic mass is 35.5. The van der Waals surface area contributed by atoms with Gasteiger partial charge >= 0.3 is 6.61 Å². The SMILES string of the molecule is CN(CC(=O)NCc1ccco1)CC(=O)Nc1ccc(OC(F)F)c(Cl)c1. The lowest BCUT2D eigenvalue weighted by Crippen LogP contribution is -2.38. The fourth-order valence-electron chi connectivity index (χ4n) is 2.17. The lowest BCUT2D eigenvalue weighted by atomic mass is 10.3. The normalized spacial score (nSPS) is 10.9. The predicted molar refractivity (Wildman–Crippen MR) is 94.8 cm³/mol. The van der Waals surface area contributed by atoms with Crippen molar-refractivity contribution in [3.05, 3.63) is 47.4 Å². The molecule has 2 aromatic rings. The summed E-state index contributed by atoms with van der Waals surface area (Å²) in [4.78, 5) is 25.4. The Labute approximate surface area is 159 Å². The molecule has 0 radical (unpaired) electrons. The number of furan rings is 1. The highest BCUT2D eigenvalue weighted by Gasteiger charge is 2.13. The second kappa shape index (κ2) is 9.89. The van der Waals surface area contributed by atoms with E-state index in [9.17, 15) is 18.4 Å². The molecule has 0 spiro atoms. The summed E-state index contributed by atoms with van der Waals surface area (Å²) in [6.07, 6.45) is 1.51. The van der Waals surface area contributed by atoms with E-state index in [4.69, 9.17) is 16.0 Å². The Hall–Kier alpha value is -2.65. The first kappa shape index (κ1) is 20.7. The molecule has 27 heavy (non-hydrogen) atoms. The van der Waals surface area contributed by atoms with E-state index in [1.54, 1.807) is 19.2 Å². The van der Waals surface area contributed by atoms with Gasteiger partial charge in [0.2, 0.25) is 11.8 Å². The van der Waals surface area contributed by atoms with Crippen molar-refractivity contribution >= 4 is 29.1 Å². The summed E-state index contributed by atoms with van der Waals surface area (Å²) < 4.78 is 33.7. The summed E-state index contributed by atoms with van der Waals surface area (Å²) >= 11 is 5.83. The Kier molecular flexibility index (Phi) is 7.56. The van der Waals surface area contributed by atoms with Crippen LogP contribution in [-0.4, -0.2) is 43.5 Å². The Bertz CT molecular complexity index is 772. The maximum atomic E-state index is 12.2. The smallest absolute Gasteiger partial charge is 0.387 e. The third kappa shape index (κ3) is 7.24. The van der Waals surface area contributed by atoms with Crippen LogP contribution in [0.25, 0.3) is 0 Å². The topological polar surface area (TPSA) is 83.8 Å². The molecule has 2 rings (SSSR count). The van der Waals surface area contributed by atoms with Crippen LogP contribution in [0.15, 0.2) is 41.0 Å². The number of alkyl halides is 2. The van der Waals surface area contributed by atoms with Crippen LogP contribution in [0.4, 0.5) is 14.5 Å². The van der Waals surface area contributed by atoms with Gasteiger partial charge in [0, 0.05) is 5.69 Å². The molecular weight excluding hydrogens is 384 g/mol. The van der Waals surface area contributed by atoms with Gasteiger partial charge in [-0.3, -0.25) is 14.5 Å². The van der Waals surface area contributed by atoms with Crippen molar-refractivity contribution in [2.45, 2.75) is 13.2 Å². The highest BCUT2D eigenvalue weighted by molar-refractivity contribution is 6.32. The van der Waals surface area contributed by atoms with Crippen LogP contribution in [-0.2, 0) is 16.1 Å². The zero-order valence-electron chi connectivity index (χ0n) is 14.4. The summed E-state index contributed by atoms with van der Waals surface area (Å²) in [7, 11) is 1.61. The number of amides is 2. The van der Waals surface area contributed by atoms with Crippen molar-refractivity contribution in [2.24, 2.45) is 0 Å². The number of hydrogen-bond acceptors (Lipinski definition) is 5. The van der Waals surface area contributed by atoms with Crippen LogP contribution in [0.3, 0.4) is 0 Å². The minimum Gasteiger partial charge on any atom is -0.467 e. The molecule has 0 aliphatic rings. The fourth-order valence-corrected chi connectivity index (χ4v) is 2.40. The number of hydrogen-bond donors (Lipinski definition) is 2. The van der Waals surface area contributed by atoms with Gasteiger partial charge in [0.15, 0.2) is 0 Å². The van der Waals surface area contributed by atoms with Crippen LogP contribution < -0.4 is 15.4 Å². The Morgan fingerprint density at radius 1 is 1.26 bits per heavy atom. The maximum Gasteiger partial charge on any atom is 0.387 e. The van der Waals surface area contributed by atoms with Crippen LogP contribution in [0, 0.1) is 0 Å². The van der Waals surface area contributed by atoms with Crippen LogP contribution >= 0.6 is 11.6 Å². The quantitative estimate of drug-likeness (QED) is 0.675.